The molecule has 0 heterocycles. The molecule has 2 aromatic rings. The number of hydrogen-bond acceptors (Lipinski definition) is 4. The summed E-state index contributed by atoms with van der Waals surface area (Å²) in [5.74, 6) is -0.352. The van der Waals surface area contributed by atoms with E-state index in [-0.39, 0.29) is 28.7 Å². The second-order valence-electron chi connectivity index (χ2n) is 5.11. The average molecular weight is 323 g/mol. The van der Waals surface area contributed by atoms with Gasteiger partial charge < -0.3 is 10.4 Å². The molecule has 0 aliphatic rings. The summed E-state index contributed by atoms with van der Waals surface area (Å²) in [6.45, 7) is 5.16. The van der Waals surface area contributed by atoms with Crippen LogP contribution in [-0.4, -0.2) is 24.0 Å². The predicted octanol–water partition coefficient (Wildman–Crippen LogP) is 2.76. The van der Waals surface area contributed by atoms with E-state index in [9.17, 15) is 22.9 Å². The minimum Gasteiger partial charge on any atom is -0.507 e. The maximum atomic E-state index is 11.6. The smallest absolute Gasteiger partial charge is 0.294 e. The van der Waals surface area contributed by atoms with Crippen molar-refractivity contribution in [1.82, 2.24) is 0 Å². The molecule has 0 fully saturated rings. The van der Waals surface area contributed by atoms with Gasteiger partial charge in [0, 0.05) is 11.8 Å². The van der Waals surface area contributed by atoms with Gasteiger partial charge in [-0.15, -0.1) is 0 Å². The molecule has 0 spiro atoms. The van der Waals surface area contributed by atoms with E-state index >= 15 is 0 Å². The van der Waals surface area contributed by atoms with Crippen molar-refractivity contribution in [2.75, 3.05) is 5.32 Å². The van der Waals surface area contributed by atoms with E-state index in [0.717, 1.165) is 11.6 Å². The molecule has 0 aliphatic carbocycles. The number of carbonyl (C=O) groups is 1. The first-order chi connectivity index (χ1) is 10.1. The molecule has 7 heteroatoms. The lowest BCUT2D eigenvalue weighted by molar-refractivity contribution is -0.115. The molecule has 0 bridgehead atoms. The molecule has 0 atom stereocenters. The first kappa shape index (κ1) is 16.3. The lowest BCUT2D eigenvalue weighted by atomic mass is 10.00. The lowest BCUT2D eigenvalue weighted by Crippen LogP contribution is -2.11. The largest absolute Gasteiger partial charge is 0.507 e. The minimum atomic E-state index is -4.43. The zero-order chi connectivity index (χ0) is 16.7. The van der Waals surface area contributed by atoms with Crippen molar-refractivity contribution in [3.05, 3.63) is 29.3 Å². The molecule has 0 unspecified atom stereocenters. The standard InChI is InChI=1S/C15H17NO5S/c1-4-13(17)16-12-7-11(22(19,20)21)6-10-5-8(2)9(3)15(18)14(10)12/h5-7,18H,4H2,1-3H3,(H,16,17)(H,19,20,21). The normalized spacial score (nSPS) is 11.6. The lowest BCUT2D eigenvalue weighted by Gasteiger charge is -2.14. The second-order valence-corrected chi connectivity index (χ2v) is 6.53. The summed E-state index contributed by atoms with van der Waals surface area (Å²) >= 11 is 0. The fourth-order valence-electron chi connectivity index (χ4n) is 2.22. The third-order valence-corrected chi connectivity index (χ3v) is 4.42. The first-order valence-corrected chi connectivity index (χ1v) is 8.13. The monoisotopic (exact) mass is 323 g/mol. The van der Waals surface area contributed by atoms with E-state index < -0.39 is 10.1 Å². The topological polar surface area (TPSA) is 104 Å². The fraction of sp³-hybridized carbons (Fsp3) is 0.267. The Kier molecular flexibility index (Phi) is 4.12. The molecule has 0 radical (unpaired) electrons. The molecule has 0 saturated heterocycles. The number of nitrogens with one attached hydrogen (secondary N) is 1. The van der Waals surface area contributed by atoms with Crippen LogP contribution in [0.3, 0.4) is 0 Å². The van der Waals surface area contributed by atoms with Crippen LogP contribution in [0.1, 0.15) is 24.5 Å². The predicted molar refractivity (Wildman–Crippen MR) is 83.8 cm³/mol. The number of aryl methyl sites for hydroxylation is 1. The van der Waals surface area contributed by atoms with Gasteiger partial charge in [-0.3, -0.25) is 9.35 Å². The van der Waals surface area contributed by atoms with Gasteiger partial charge in [0.25, 0.3) is 10.1 Å². The molecular weight excluding hydrogens is 306 g/mol. The van der Waals surface area contributed by atoms with Gasteiger partial charge in [0.2, 0.25) is 5.91 Å². The molecule has 0 saturated carbocycles. The highest BCUT2D eigenvalue weighted by Gasteiger charge is 2.18. The molecule has 1 amide bonds. The number of phenols is 1. The molecule has 2 rings (SSSR count). The molecular formula is C15H17NO5S. The molecule has 6 nitrogen and oxygen atoms in total. The van der Waals surface area contributed by atoms with Crippen LogP contribution in [0.5, 0.6) is 5.75 Å². The van der Waals surface area contributed by atoms with Gasteiger partial charge in [-0.25, -0.2) is 0 Å². The second kappa shape index (κ2) is 5.58. The van der Waals surface area contributed by atoms with Crippen molar-refractivity contribution in [1.29, 1.82) is 0 Å². The number of benzene rings is 2. The van der Waals surface area contributed by atoms with Gasteiger partial charge in [-0.1, -0.05) is 13.0 Å². The zero-order valence-electron chi connectivity index (χ0n) is 12.5. The van der Waals surface area contributed by atoms with Crippen molar-refractivity contribution in [2.24, 2.45) is 0 Å². The SMILES string of the molecule is CCC(=O)Nc1cc(S(=O)(=O)O)cc2cc(C)c(C)c(O)c12. The molecule has 0 aromatic heterocycles. The Balaban J connectivity index is 2.88. The Morgan fingerprint density at radius 1 is 1.23 bits per heavy atom. The van der Waals surface area contributed by atoms with Gasteiger partial charge in [0.05, 0.1) is 10.6 Å². The van der Waals surface area contributed by atoms with Crippen LogP contribution in [0.4, 0.5) is 5.69 Å². The number of rotatable bonds is 3. The fourth-order valence-corrected chi connectivity index (χ4v) is 2.76. The maximum Gasteiger partial charge on any atom is 0.294 e. The summed E-state index contributed by atoms with van der Waals surface area (Å²) in [4.78, 5) is 11.3. The van der Waals surface area contributed by atoms with E-state index in [1.54, 1.807) is 26.8 Å². The van der Waals surface area contributed by atoms with E-state index in [1.807, 2.05) is 0 Å². The number of amides is 1. The number of carbonyl (C=O) groups excluding carboxylic acids is 1. The third-order valence-electron chi connectivity index (χ3n) is 3.59. The van der Waals surface area contributed by atoms with Crippen molar-refractivity contribution in [2.45, 2.75) is 32.1 Å². The first-order valence-electron chi connectivity index (χ1n) is 6.69. The van der Waals surface area contributed by atoms with Crippen LogP contribution in [0.25, 0.3) is 10.8 Å². The van der Waals surface area contributed by atoms with Crippen LogP contribution in [-0.2, 0) is 14.9 Å². The van der Waals surface area contributed by atoms with Crippen molar-refractivity contribution in [3.63, 3.8) is 0 Å². The highest BCUT2D eigenvalue weighted by atomic mass is 32.2. The molecule has 2 aromatic carbocycles. The molecule has 22 heavy (non-hydrogen) atoms. The summed E-state index contributed by atoms with van der Waals surface area (Å²) in [7, 11) is -4.43. The highest BCUT2D eigenvalue weighted by molar-refractivity contribution is 7.85. The Morgan fingerprint density at radius 3 is 2.41 bits per heavy atom. The minimum absolute atomic E-state index is 0.0247. The van der Waals surface area contributed by atoms with Crippen molar-refractivity contribution in [3.8, 4) is 5.75 Å². The van der Waals surface area contributed by atoms with Crippen molar-refractivity contribution >= 4 is 32.5 Å². The van der Waals surface area contributed by atoms with Gasteiger partial charge in [-0.2, -0.15) is 8.42 Å². The number of anilines is 1. The van der Waals surface area contributed by atoms with Crippen LogP contribution in [0.2, 0.25) is 0 Å². The zero-order valence-corrected chi connectivity index (χ0v) is 13.3. The summed E-state index contributed by atoms with van der Waals surface area (Å²) in [6.07, 6.45) is 0.198. The highest BCUT2D eigenvalue weighted by Crippen LogP contribution is 2.38. The van der Waals surface area contributed by atoms with Crippen LogP contribution in [0.15, 0.2) is 23.1 Å². The van der Waals surface area contributed by atoms with E-state index in [2.05, 4.69) is 5.32 Å². The Morgan fingerprint density at radius 2 is 1.86 bits per heavy atom. The van der Waals surface area contributed by atoms with Gasteiger partial charge >= 0.3 is 0 Å². The van der Waals surface area contributed by atoms with E-state index in [1.165, 1.54) is 6.07 Å². The van der Waals surface area contributed by atoms with Crippen LogP contribution >= 0.6 is 0 Å². The number of aromatic hydroxyl groups is 1. The van der Waals surface area contributed by atoms with Gasteiger partial charge in [0.1, 0.15) is 5.75 Å². The van der Waals surface area contributed by atoms with Crippen LogP contribution in [0, 0.1) is 13.8 Å². The maximum absolute atomic E-state index is 11.6. The van der Waals surface area contributed by atoms with Gasteiger partial charge in [-0.05, 0) is 42.5 Å². The Labute approximate surface area is 128 Å². The van der Waals surface area contributed by atoms with E-state index in [0.29, 0.717) is 16.3 Å². The average Bonchev–Trinajstić information content (AvgIpc) is 2.43. The third kappa shape index (κ3) is 2.90. The quantitative estimate of drug-likeness (QED) is 0.754. The Hall–Kier alpha value is -2.12. The van der Waals surface area contributed by atoms with Gasteiger partial charge in [0.15, 0.2) is 0 Å². The summed E-state index contributed by atoms with van der Waals surface area (Å²) < 4.78 is 32.1. The summed E-state index contributed by atoms with van der Waals surface area (Å²) in [5.41, 5.74) is 1.56. The molecule has 118 valence electrons. The summed E-state index contributed by atoms with van der Waals surface area (Å²) in [6, 6.07) is 4.10. The van der Waals surface area contributed by atoms with Crippen LogP contribution < -0.4 is 5.32 Å². The molecule has 3 N–H and O–H groups in total. The number of hydrogen-bond donors (Lipinski definition) is 3. The Bertz CT molecular complexity index is 871. The number of phenolic OH excluding ortho intramolecular Hbond substituents is 1. The van der Waals surface area contributed by atoms with Crippen molar-refractivity contribution < 1.29 is 22.9 Å². The van der Waals surface area contributed by atoms with E-state index in [4.69, 9.17) is 0 Å². The molecule has 0 aliphatic heterocycles. The number of fused-ring (bicyclic) bond motifs is 1. The summed E-state index contributed by atoms with van der Waals surface area (Å²) in [5, 5.41) is 13.7.